The highest BCUT2D eigenvalue weighted by atomic mass is 16.3. The maximum atomic E-state index is 5.47. The lowest BCUT2D eigenvalue weighted by molar-refractivity contribution is 0.602. The molecule has 3 aromatic rings. The molecule has 1 N–H and O–H groups in total. The first-order chi connectivity index (χ1) is 9.33. The van der Waals surface area contributed by atoms with E-state index in [-0.39, 0.29) is 0 Å². The first kappa shape index (κ1) is 11.5. The van der Waals surface area contributed by atoms with Crippen LogP contribution in [0.15, 0.2) is 70.4 Å². The highest BCUT2D eigenvalue weighted by Gasteiger charge is 1.98. The molecule has 3 heteroatoms. The number of nitrogens with one attached hydrogen (secondary N) is 1. The van der Waals surface area contributed by atoms with Crippen molar-refractivity contribution >= 4 is 16.7 Å². The van der Waals surface area contributed by atoms with Crippen molar-refractivity contribution in [1.29, 1.82) is 0 Å². The average Bonchev–Trinajstić information content (AvgIpc) is 2.46. The first-order valence-corrected chi connectivity index (χ1v) is 6.16. The standard InChI is InChI=1S/C16H14N2O/c1-12-7-8-16-14(11-12)15(9-10-19-16)18-17-13-5-3-2-4-6-13/h2-11,17H,1H3/b18-15-. The Labute approximate surface area is 111 Å². The lowest BCUT2D eigenvalue weighted by Crippen LogP contribution is -2.06. The topological polar surface area (TPSA) is 37.5 Å². The molecule has 1 aromatic heterocycles. The van der Waals surface area contributed by atoms with Crippen molar-refractivity contribution in [2.24, 2.45) is 5.10 Å². The summed E-state index contributed by atoms with van der Waals surface area (Å²) < 4.78 is 5.47. The van der Waals surface area contributed by atoms with Gasteiger partial charge in [0.1, 0.15) is 5.58 Å². The van der Waals surface area contributed by atoms with Gasteiger partial charge in [-0.1, -0.05) is 29.8 Å². The molecular formula is C16H14N2O. The van der Waals surface area contributed by atoms with Gasteiger partial charge in [-0.05, 0) is 31.2 Å². The summed E-state index contributed by atoms with van der Waals surface area (Å²) in [7, 11) is 0. The Morgan fingerprint density at radius 1 is 1.00 bits per heavy atom. The number of para-hydroxylation sites is 1. The second-order valence-corrected chi connectivity index (χ2v) is 4.40. The van der Waals surface area contributed by atoms with E-state index in [1.54, 1.807) is 6.26 Å². The normalized spacial score (nSPS) is 11.7. The largest absolute Gasteiger partial charge is 0.464 e. The van der Waals surface area contributed by atoms with Crippen LogP contribution in [-0.4, -0.2) is 0 Å². The zero-order chi connectivity index (χ0) is 13.1. The molecule has 19 heavy (non-hydrogen) atoms. The van der Waals surface area contributed by atoms with Gasteiger partial charge in [0.05, 0.1) is 17.3 Å². The fourth-order valence-corrected chi connectivity index (χ4v) is 1.94. The van der Waals surface area contributed by atoms with Gasteiger partial charge in [-0.3, -0.25) is 5.43 Å². The zero-order valence-corrected chi connectivity index (χ0v) is 10.6. The molecule has 1 heterocycles. The maximum Gasteiger partial charge on any atom is 0.135 e. The molecule has 2 aromatic carbocycles. The van der Waals surface area contributed by atoms with Gasteiger partial charge in [-0.25, -0.2) is 0 Å². The Bertz CT molecular complexity index is 760. The Hall–Kier alpha value is -2.55. The Kier molecular flexibility index (Phi) is 3.02. The van der Waals surface area contributed by atoms with Gasteiger partial charge in [0.15, 0.2) is 0 Å². The van der Waals surface area contributed by atoms with Crippen LogP contribution in [0, 0.1) is 6.92 Å². The number of benzene rings is 2. The molecule has 0 spiro atoms. The van der Waals surface area contributed by atoms with Crippen molar-refractivity contribution in [1.82, 2.24) is 0 Å². The monoisotopic (exact) mass is 250 g/mol. The molecular weight excluding hydrogens is 236 g/mol. The van der Waals surface area contributed by atoms with Gasteiger partial charge in [0.2, 0.25) is 0 Å². The molecule has 0 aliphatic rings. The van der Waals surface area contributed by atoms with E-state index in [0.717, 1.165) is 22.0 Å². The summed E-state index contributed by atoms with van der Waals surface area (Å²) in [5.74, 6) is 0. The molecule has 0 aliphatic carbocycles. The van der Waals surface area contributed by atoms with Gasteiger partial charge in [0.25, 0.3) is 0 Å². The molecule has 3 nitrogen and oxygen atoms in total. The molecule has 0 aliphatic heterocycles. The van der Waals surface area contributed by atoms with Gasteiger partial charge < -0.3 is 4.42 Å². The Morgan fingerprint density at radius 2 is 1.84 bits per heavy atom. The number of hydrogen-bond donors (Lipinski definition) is 1. The van der Waals surface area contributed by atoms with Crippen LogP contribution in [-0.2, 0) is 0 Å². The molecule has 0 atom stereocenters. The minimum absolute atomic E-state index is 0.835. The summed E-state index contributed by atoms with van der Waals surface area (Å²) in [5.41, 5.74) is 6.04. The molecule has 0 bridgehead atoms. The van der Waals surface area contributed by atoms with Crippen LogP contribution in [0.5, 0.6) is 0 Å². The third kappa shape index (κ3) is 2.50. The average molecular weight is 250 g/mol. The third-order valence-electron chi connectivity index (χ3n) is 2.91. The summed E-state index contributed by atoms with van der Waals surface area (Å²) in [5, 5.41) is 6.31. The fourth-order valence-electron chi connectivity index (χ4n) is 1.94. The molecule has 0 amide bonds. The van der Waals surface area contributed by atoms with Crippen LogP contribution in [0.2, 0.25) is 0 Å². The summed E-state index contributed by atoms with van der Waals surface area (Å²) in [4.78, 5) is 0. The van der Waals surface area contributed by atoms with Crippen molar-refractivity contribution in [3.8, 4) is 0 Å². The fraction of sp³-hybridized carbons (Fsp3) is 0.0625. The van der Waals surface area contributed by atoms with Crippen molar-refractivity contribution < 1.29 is 4.42 Å². The van der Waals surface area contributed by atoms with Crippen molar-refractivity contribution in [3.63, 3.8) is 0 Å². The molecule has 94 valence electrons. The zero-order valence-electron chi connectivity index (χ0n) is 10.6. The van der Waals surface area contributed by atoms with Crippen LogP contribution >= 0.6 is 0 Å². The second kappa shape index (κ2) is 4.98. The first-order valence-electron chi connectivity index (χ1n) is 6.16. The van der Waals surface area contributed by atoms with Crippen LogP contribution in [0.3, 0.4) is 0 Å². The molecule has 0 saturated carbocycles. The third-order valence-corrected chi connectivity index (χ3v) is 2.91. The van der Waals surface area contributed by atoms with E-state index in [1.165, 1.54) is 5.56 Å². The Morgan fingerprint density at radius 3 is 2.68 bits per heavy atom. The molecule has 0 fully saturated rings. The van der Waals surface area contributed by atoms with Crippen molar-refractivity contribution in [2.45, 2.75) is 6.92 Å². The van der Waals surface area contributed by atoms with Crippen LogP contribution in [0.1, 0.15) is 5.56 Å². The lowest BCUT2D eigenvalue weighted by atomic mass is 10.1. The van der Waals surface area contributed by atoms with E-state index in [9.17, 15) is 0 Å². The quantitative estimate of drug-likeness (QED) is 0.705. The number of aryl methyl sites for hydroxylation is 1. The summed E-state index contributed by atoms with van der Waals surface area (Å²) in [6, 6.07) is 17.8. The van der Waals surface area contributed by atoms with Gasteiger partial charge in [-0.2, -0.15) is 5.10 Å². The van der Waals surface area contributed by atoms with Crippen LogP contribution < -0.4 is 10.8 Å². The van der Waals surface area contributed by atoms with Gasteiger partial charge in [-0.15, -0.1) is 0 Å². The van der Waals surface area contributed by atoms with Gasteiger partial charge >= 0.3 is 0 Å². The number of rotatable bonds is 2. The molecule has 3 rings (SSSR count). The van der Waals surface area contributed by atoms with Gasteiger partial charge in [0, 0.05) is 11.5 Å². The number of anilines is 1. The SMILES string of the molecule is Cc1ccc2occ/c(=N/Nc3ccccc3)c2c1. The highest BCUT2D eigenvalue weighted by Crippen LogP contribution is 2.11. The second-order valence-electron chi connectivity index (χ2n) is 4.40. The summed E-state index contributed by atoms with van der Waals surface area (Å²) in [6.45, 7) is 2.06. The molecule has 0 radical (unpaired) electrons. The highest BCUT2D eigenvalue weighted by molar-refractivity contribution is 5.76. The molecule has 0 saturated heterocycles. The van der Waals surface area contributed by atoms with E-state index >= 15 is 0 Å². The molecule has 0 unspecified atom stereocenters. The van der Waals surface area contributed by atoms with E-state index in [2.05, 4.69) is 23.5 Å². The van der Waals surface area contributed by atoms with E-state index in [0.29, 0.717) is 0 Å². The predicted octanol–water partition coefficient (Wildman–Crippen LogP) is 3.67. The smallest absolute Gasteiger partial charge is 0.135 e. The van der Waals surface area contributed by atoms with E-state index in [4.69, 9.17) is 4.42 Å². The van der Waals surface area contributed by atoms with E-state index in [1.807, 2.05) is 48.5 Å². The predicted molar refractivity (Wildman–Crippen MR) is 76.6 cm³/mol. The number of fused-ring (bicyclic) bond motifs is 1. The Balaban J connectivity index is 2.07. The number of hydrogen-bond acceptors (Lipinski definition) is 3. The maximum absolute atomic E-state index is 5.47. The summed E-state index contributed by atoms with van der Waals surface area (Å²) >= 11 is 0. The summed E-state index contributed by atoms with van der Waals surface area (Å²) in [6.07, 6.45) is 1.66. The minimum Gasteiger partial charge on any atom is -0.464 e. The van der Waals surface area contributed by atoms with Crippen LogP contribution in [0.25, 0.3) is 11.0 Å². The van der Waals surface area contributed by atoms with Crippen molar-refractivity contribution in [2.75, 3.05) is 5.43 Å². The van der Waals surface area contributed by atoms with Crippen molar-refractivity contribution in [3.05, 3.63) is 71.8 Å². The minimum atomic E-state index is 0.835. The lowest BCUT2D eigenvalue weighted by Gasteiger charge is -2.01. The van der Waals surface area contributed by atoms with Crippen LogP contribution in [0.4, 0.5) is 5.69 Å². The van der Waals surface area contributed by atoms with E-state index < -0.39 is 0 Å². The number of nitrogens with zero attached hydrogens (tertiary/aromatic N) is 1.